The van der Waals surface area contributed by atoms with Crippen LogP contribution >= 0.6 is 11.6 Å². The third-order valence-corrected chi connectivity index (χ3v) is 10.5. The van der Waals surface area contributed by atoms with E-state index in [1.54, 1.807) is 16.4 Å². The lowest BCUT2D eigenvalue weighted by atomic mass is 10.2. The van der Waals surface area contributed by atoms with Crippen molar-refractivity contribution in [3.05, 3.63) is 110 Å². The highest BCUT2D eigenvalue weighted by molar-refractivity contribution is 6.33. The highest BCUT2D eigenvalue weighted by Gasteiger charge is 2.33. The van der Waals surface area contributed by atoms with Gasteiger partial charge >= 0.3 is 6.18 Å². The van der Waals surface area contributed by atoms with Gasteiger partial charge in [0.15, 0.2) is 11.4 Å². The maximum absolute atomic E-state index is 14.4. The van der Waals surface area contributed by atoms with E-state index >= 15 is 0 Å². The van der Waals surface area contributed by atoms with Crippen LogP contribution in [0.3, 0.4) is 0 Å². The van der Waals surface area contributed by atoms with Gasteiger partial charge in [0.25, 0.3) is 11.5 Å². The molecule has 2 aliphatic rings. The van der Waals surface area contributed by atoms with E-state index < -0.39 is 23.2 Å². The predicted octanol–water partition coefficient (Wildman–Crippen LogP) is 5.21. The van der Waals surface area contributed by atoms with Gasteiger partial charge in [-0.1, -0.05) is 48.9 Å². The summed E-state index contributed by atoms with van der Waals surface area (Å²) < 4.78 is 50.6. The molecule has 300 valence electrons. The third kappa shape index (κ3) is 7.46. The fourth-order valence-electron chi connectivity index (χ4n) is 7.33. The van der Waals surface area contributed by atoms with Gasteiger partial charge in [-0.15, -0.1) is 5.10 Å². The smallest absolute Gasteiger partial charge is 0.416 e. The number of anilines is 2. The number of rotatable bonds is 10. The standard InChI is InChI=1S/C39H37ClF3N11O4/c1-3-30-33(50-14-16-51(17-15-50)36(56)32-34(23(2)44-22-45-32)58-21-24-8-5-4-6-9-24)37(57)54-38(47-35(49-54)29-19-26-10-7-13-53(26)48-29)52(30)20-31(55)46-28-12-11-25(18-27(28)40)39(41,42)43/h4-6,8-9,11-12,18-19,22H,3,7,10,13-17,20-21H2,1-2H3,(H,46,55). The number of aromatic nitrogens is 8. The molecule has 15 nitrogen and oxygen atoms in total. The van der Waals surface area contributed by atoms with Crippen molar-refractivity contribution in [2.75, 3.05) is 36.4 Å². The Morgan fingerprint density at radius 2 is 1.76 bits per heavy atom. The van der Waals surface area contributed by atoms with E-state index in [0.29, 0.717) is 22.8 Å². The lowest BCUT2D eigenvalue weighted by Crippen LogP contribution is -2.51. The molecular weight excluding hydrogens is 779 g/mol. The fourth-order valence-corrected chi connectivity index (χ4v) is 7.56. The summed E-state index contributed by atoms with van der Waals surface area (Å²) in [5.41, 5.74) is 2.37. The van der Waals surface area contributed by atoms with Crippen molar-refractivity contribution in [3.8, 4) is 17.3 Å². The van der Waals surface area contributed by atoms with Gasteiger partial charge < -0.3 is 24.4 Å². The maximum Gasteiger partial charge on any atom is 0.416 e. The van der Waals surface area contributed by atoms with E-state index in [1.807, 2.05) is 52.9 Å². The largest absolute Gasteiger partial charge is 0.485 e. The third-order valence-electron chi connectivity index (χ3n) is 10.2. The quantitative estimate of drug-likeness (QED) is 0.195. The molecule has 0 bridgehead atoms. The zero-order chi connectivity index (χ0) is 40.7. The molecule has 1 fully saturated rings. The number of amides is 2. The summed E-state index contributed by atoms with van der Waals surface area (Å²) in [5.74, 6) is -0.402. The molecule has 0 radical (unpaired) electrons. The zero-order valence-electron chi connectivity index (χ0n) is 31.5. The summed E-state index contributed by atoms with van der Waals surface area (Å²) in [6, 6.07) is 14.1. The molecule has 4 aromatic heterocycles. The van der Waals surface area contributed by atoms with Crippen LogP contribution in [0.4, 0.5) is 24.5 Å². The van der Waals surface area contributed by atoms with Crippen LogP contribution in [-0.2, 0) is 43.5 Å². The summed E-state index contributed by atoms with van der Waals surface area (Å²) >= 11 is 6.17. The number of aryl methyl sites for hydroxylation is 3. The average Bonchev–Trinajstić information content (AvgIpc) is 3.95. The molecule has 0 spiro atoms. The minimum Gasteiger partial charge on any atom is -0.485 e. The lowest BCUT2D eigenvalue weighted by Gasteiger charge is -2.36. The van der Waals surface area contributed by atoms with Gasteiger partial charge in [-0.05, 0) is 56.0 Å². The van der Waals surface area contributed by atoms with Crippen molar-refractivity contribution in [1.29, 1.82) is 0 Å². The molecule has 2 aliphatic heterocycles. The molecule has 8 rings (SSSR count). The average molecular weight is 816 g/mol. The minimum atomic E-state index is -4.62. The SMILES string of the molecule is CCc1c(N2CCN(C(=O)c3ncnc(C)c3OCc3ccccc3)CC2)c(=O)n2nc(-c3cc4n(n3)CCC4)nc2n1CC(=O)Nc1ccc(C(F)(F)F)cc1Cl. The van der Waals surface area contributed by atoms with Gasteiger partial charge in [-0.3, -0.25) is 19.1 Å². The number of ether oxygens (including phenoxy) is 1. The number of fused-ring (bicyclic) bond motifs is 2. The number of piperazine rings is 1. The number of alkyl halides is 3. The van der Waals surface area contributed by atoms with E-state index in [2.05, 4.69) is 25.5 Å². The Hall–Kier alpha value is -6.30. The van der Waals surface area contributed by atoms with Crippen LogP contribution in [0.25, 0.3) is 17.3 Å². The van der Waals surface area contributed by atoms with Crippen LogP contribution in [-0.4, -0.2) is 81.8 Å². The minimum absolute atomic E-state index is 0.0158. The Kier molecular flexibility index (Phi) is 10.3. The number of halogens is 4. The molecule has 2 aromatic carbocycles. The normalized spacial score (nSPS) is 14.2. The summed E-state index contributed by atoms with van der Waals surface area (Å²) in [6.45, 7) is 5.15. The van der Waals surface area contributed by atoms with Gasteiger partial charge in [-0.2, -0.15) is 27.8 Å². The van der Waals surface area contributed by atoms with E-state index in [0.717, 1.165) is 53.4 Å². The highest BCUT2D eigenvalue weighted by atomic mass is 35.5. The molecule has 0 atom stereocenters. The van der Waals surface area contributed by atoms with Crippen LogP contribution in [0.1, 0.15) is 52.0 Å². The van der Waals surface area contributed by atoms with Crippen LogP contribution in [0.15, 0.2) is 65.7 Å². The Bertz CT molecular complexity index is 2580. The van der Waals surface area contributed by atoms with Crippen molar-refractivity contribution >= 4 is 40.6 Å². The summed E-state index contributed by atoms with van der Waals surface area (Å²) in [7, 11) is 0. The number of carbonyl (C=O) groups is 2. The maximum atomic E-state index is 14.4. The molecule has 58 heavy (non-hydrogen) atoms. The molecule has 0 saturated carbocycles. The summed E-state index contributed by atoms with van der Waals surface area (Å²) in [6.07, 6.45) is -1.19. The van der Waals surface area contributed by atoms with Crippen LogP contribution in [0.2, 0.25) is 5.02 Å². The Morgan fingerprint density at radius 1 is 0.983 bits per heavy atom. The monoisotopic (exact) mass is 815 g/mol. The number of hydrogen-bond donors (Lipinski definition) is 1. The van der Waals surface area contributed by atoms with Gasteiger partial charge in [0.2, 0.25) is 17.5 Å². The van der Waals surface area contributed by atoms with E-state index in [4.69, 9.17) is 21.3 Å². The first kappa shape index (κ1) is 38.6. The molecule has 0 aliphatic carbocycles. The van der Waals surface area contributed by atoms with Gasteiger partial charge in [0.05, 0.1) is 27.7 Å². The highest BCUT2D eigenvalue weighted by Crippen LogP contribution is 2.34. The predicted molar refractivity (Wildman–Crippen MR) is 207 cm³/mol. The molecule has 1 saturated heterocycles. The van der Waals surface area contributed by atoms with Crippen LogP contribution < -0.4 is 20.5 Å². The molecule has 6 aromatic rings. The molecule has 0 unspecified atom stereocenters. The van der Waals surface area contributed by atoms with Gasteiger partial charge in [-0.25, -0.2) is 9.97 Å². The van der Waals surface area contributed by atoms with Gasteiger partial charge in [0.1, 0.15) is 30.9 Å². The second-order valence-corrected chi connectivity index (χ2v) is 14.4. The summed E-state index contributed by atoms with van der Waals surface area (Å²) in [4.78, 5) is 58.8. The number of hydrogen-bond acceptors (Lipinski definition) is 10. The van der Waals surface area contributed by atoms with Crippen molar-refractivity contribution in [1.82, 2.24) is 43.8 Å². The fraction of sp³-hybridized carbons (Fsp3) is 0.333. The van der Waals surface area contributed by atoms with Crippen LogP contribution in [0.5, 0.6) is 5.75 Å². The van der Waals surface area contributed by atoms with E-state index in [1.165, 1.54) is 6.33 Å². The first-order chi connectivity index (χ1) is 27.9. The number of carbonyl (C=O) groups excluding carboxylic acids is 2. The second-order valence-electron chi connectivity index (χ2n) is 14.0. The molecule has 19 heteroatoms. The van der Waals surface area contributed by atoms with Crippen LogP contribution in [0, 0.1) is 6.92 Å². The topological polar surface area (TPSA) is 158 Å². The number of benzene rings is 2. The second kappa shape index (κ2) is 15.6. The molecule has 1 N–H and O–H groups in total. The first-order valence-corrected chi connectivity index (χ1v) is 19.1. The molecule has 6 heterocycles. The number of nitrogens with one attached hydrogen (secondary N) is 1. The van der Waals surface area contributed by atoms with Crippen molar-refractivity contribution in [2.45, 2.75) is 59.0 Å². The van der Waals surface area contributed by atoms with Crippen molar-refractivity contribution < 1.29 is 27.5 Å². The van der Waals surface area contributed by atoms with Crippen molar-refractivity contribution in [2.24, 2.45) is 0 Å². The Labute approximate surface area is 334 Å². The Balaban J connectivity index is 1.10. The Morgan fingerprint density at radius 3 is 2.47 bits per heavy atom. The summed E-state index contributed by atoms with van der Waals surface area (Å²) in [5, 5.41) is 11.5. The lowest BCUT2D eigenvalue weighted by molar-refractivity contribution is -0.137. The van der Waals surface area contributed by atoms with E-state index in [9.17, 15) is 27.6 Å². The zero-order valence-corrected chi connectivity index (χ0v) is 32.2. The molecule has 2 amide bonds. The molecular formula is C39H37ClF3N11O4. The van der Waals surface area contributed by atoms with Gasteiger partial charge in [0, 0.05) is 38.4 Å². The van der Waals surface area contributed by atoms with Crippen molar-refractivity contribution in [3.63, 3.8) is 0 Å². The van der Waals surface area contributed by atoms with E-state index in [-0.39, 0.29) is 85.4 Å². The first-order valence-electron chi connectivity index (χ1n) is 18.7. The number of nitrogens with zero attached hydrogens (tertiary/aromatic N) is 10.